The third kappa shape index (κ3) is 3.14. The number of nitrogens with one attached hydrogen (secondary N) is 1. The molecule has 1 aromatic heterocycles. The van der Waals surface area contributed by atoms with Crippen molar-refractivity contribution in [3.8, 4) is 11.5 Å². The minimum atomic E-state index is -0.382. The highest BCUT2D eigenvalue weighted by Crippen LogP contribution is 2.32. The number of carbonyl (C=O) groups excluding carboxylic acids is 1. The fraction of sp³-hybridized carbons (Fsp3) is 0.304. The van der Waals surface area contributed by atoms with E-state index in [4.69, 9.17) is 9.47 Å². The van der Waals surface area contributed by atoms with Crippen LogP contribution in [0.4, 0.5) is 0 Å². The van der Waals surface area contributed by atoms with Gasteiger partial charge in [-0.3, -0.25) is 9.59 Å². The molecule has 0 unspecified atom stereocenters. The molecule has 4 rings (SSSR count). The lowest BCUT2D eigenvalue weighted by Crippen LogP contribution is -2.31. The largest absolute Gasteiger partial charge is 0.493 e. The molecule has 2 atom stereocenters. The van der Waals surface area contributed by atoms with Crippen LogP contribution in [-0.4, -0.2) is 24.7 Å². The van der Waals surface area contributed by atoms with E-state index in [1.807, 2.05) is 35.8 Å². The second-order valence-electron chi connectivity index (χ2n) is 7.46. The van der Waals surface area contributed by atoms with E-state index in [9.17, 15) is 9.59 Å². The molecule has 0 aliphatic carbocycles. The zero-order valence-corrected chi connectivity index (χ0v) is 17.0. The summed E-state index contributed by atoms with van der Waals surface area (Å²) >= 11 is 0. The van der Waals surface area contributed by atoms with Crippen LogP contribution in [0, 0.1) is 0 Å². The first-order valence-electron chi connectivity index (χ1n) is 9.64. The number of rotatable bonds is 5. The summed E-state index contributed by atoms with van der Waals surface area (Å²) in [7, 11) is 3.14. The summed E-state index contributed by atoms with van der Waals surface area (Å²) in [6.07, 6.45) is 2.56. The van der Waals surface area contributed by atoms with E-state index < -0.39 is 0 Å². The smallest absolute Gasteiger partial charge is 0.257 e. The fourth-order valence-electron chi connectivity index (χ4n) is 4.06. The number of carbonyl (C=O) groups is 1. The van der Waals surface area contributed by atoms with E-state index in [0.29, 0.717) is 16.9 Å². The lowest BCUT2D eigenvalue weighted by molar-refractivity contribution is 0.0938. The zero-order chi connectivity index (χ0) is 20.7. The van der Waals surface area contributed by atoms with Crippen LogP contribution in [0.2, 0.25) is 0 Å². The molecule has 0 bridgehead atoms. The molecule has 150 valence electrons. The molecule has 0 saturated heterocycles. The van der Waals surface area contributed by atoms with E-state index >= 15 is 0 Å². The predicted octanol–water partition coefficient (Wildman–Crippen LogP) is 3.63. The molecule has 1 amide bonds. The minimum Gasteiger partial charge on any atom is -0.493 e. The third-order valence-electron chi connectivity index (χ3n) is 5.63. The van der Waals surface area contributed by atoms with Crippen LogP contribution in [0.5, 0.6) is 11.5 Å². The van der Waals surface area contributed by atoms with Crippen molar-refractivity contribution in [3.05, 3.63) is 69.5 Å². The van der Waals surface area contributed by atoms with Gasteiger partial charge in [-0.05, 0) is 49.6 Å². The van der Waals surface area contributed by atoms with Crippen molar-refractivity contribution in [1.29, 1.82) is 0 Å². The van der Waals surface area contributed by atoms with Gasteiger partial charge in [0.05, 0.1) is 25.8 Å². The van der Waals surface area contributed by atoms with E-state index in [2.05, 4.69) is 12.2 Å². The van der Waals surface area contributed by atoms with Crippen molar-refractivity contribution in [1.82, 2.24) is 9.88 Å². The Morgan fingerprint density at radius 3 is 2.66 bits per heavy atom. The van der Waals surface area contributed by atoms with Crippen molar-refractivity contribution in [2.75, 3.05) is 14.2 Å². The summed E-state index contributed by atoms with van der Waals surface area (Å²) in [5, 5.41) is 3.54. The highest BCUT2D eigenvalue weighted by atomic mass is 16.5. The maximum atomic E-state index is 13.0. The van der Waals surface area contributed by atoms with E-state index in [1.54, 1.807) is 32.5 Å². The van der Waals surface area contributed by atoms with Crippen LogP contribution in [0.15, 0.2) is 47.4 Å². The van der Waals surface area contributed by atoms with Gasteiger partial charge in [-0.2, -0.15) is 0 Å². The van der Waals surface area contributed by atoms with Crippen molar-refractivity contribution in [3.63, 3.8) is 0 Å². The molecule has 1 aliphatic heterocycles. The Morgan fingerprint density at radius 1 is 1.17 bits per heavy atom. The molecular weight excluding hydrogens is 368 g/mol. The Balaban J connectivity index is 1.67. The Labute approximate surface area is 169 Å². The number of benzene rings is 2. The third-order valence-corrected chi connectivity index (χ3v) is 5.63. The molecule has 29 heavy (non-hydrogen) atoms. The average Bonchev–Trinajstić information content (AvgIpc) is 3.05. The summed E-state index contributed by atoms with van der Waals surface area (Å²) < 4.78 is 12.6. The van der Waals surface area contributed by atoms with Crippen LogP contribution in [0.25, 0.3) is 10.9 Å². The molecule has 1 N–H and O–H groups in total. The summed E-state index contributed by atoms with van der Waals surface area (Å²) in [5.74, 6) is 0.828. The molecule has 3 aromatic rings. The van der Waals surface area contributed by atoms with Gasteiger partial charge < -0.3 is 19.4 Å². The molecule has 6 nitrogen and oxygen atoms in total. The van der Waals surface area contributed by atoms with Crippen LogP contribution in [0.1, 0.15) is 47.4 Å². The van der Waals surface area contributed by atoms with Gasteiger partial charge in [-0.15, -0.1) is 0 Å². The summed E-state index contributed by atoms with van der Waals surface area (Å²) in [6.45, 7) is 3.97. The van der Waals surface area contributed by atoms with Crippen LogP contribution in [0.3, 0.4) is 0 Å². The molecule has 0 spiro atoms. The maximum absolute atomic E-state index is 13.0. The SMILES string of the molecule is COc1ccc([C@H](C)NC(=O)c2cn3c4c(cccc4c2=O)C[C@H]3C)cc1OC. The maximum Gasteiger partial charge on any atom is 0.257 e. The Hall–Kier alpha value is -3.28. The van der Waals surface area contributed by atoms with Crippen molar-refractivity contribution in [2.24, 2.45) is 0 Å². The van der Waals surface area contributed by atoms with Gasteiger partial charge in [0.25, 0.3) is 5.91 Å². The number of nitrogens with zero attached hydrogens (tertiary/aromatic N) is 1. The average molecular weight is 392 g/mol. The van der Waals surface area contributed by atoms with Gasteiger partial charge in [0.1, 0.15) is 5.56 Å². The molecule has 1 aliphatic rings. The van der Waals surface area contributed by atoms with Gasteiger partial charge in [-0.1, -0.05) is 18.2 Å². The first-order chi connectivity index (χ1) is 13.9. The monoisotopic (exact) mass is 392 g/mol. The predicted molar refractivity (Wildman–Crippen MR) is 112 cm³/mol. The van der Waals surface area contributed by atoms with Crippen LogP contribution < -0.4 is 20.2 Å². The Bertz CT molecular complexity index is 1170. The Kier molecular flexibility index (Phi) is 4.78. The number of aromatic nitrogens is 1. The molecule has 2 heterocycles. The topological polar surface area (TPSA) is 69.6 Å². The quantitative estimate of drug-likeness (QED) is 0.720. The fourth-order valence-corrected chi connectivity index (χ4v) is 4.06. The molecule has 0 saturated carbocycles. The molecule has 0 fully saturated rings. The van der Waals surface area contributed by atoms with Gasteiger partial charge in [0.2, 0.25) is 5.43 Å². The van der Waals surface area contributed by atoms with Gasteiger partial charge in [-0.25, -0.2) is 0 Å². The number of amides is 1. The number of pyridine rings is 1. The number of para-hydroxylation sites is 1. The highest BCUT2D eigenvalue weighted by molar-refractivity contribution is 5.98. The van der Waals surface area contributed by atoms with E-state index in [1.165, 1.54) is 0 Å². The van der Waals surface area contributed by atoms with Gasteiger partial charge in [0, 0.05) is 17.6 Å². The number of ether oxygens (including phenoxy) is 2. The Morgan fingerprint density at radius 2 is 1.93 bits per heavy atom. The lowest BCUT2D eigenvalue weighted by Gasteiger charge is -2.17. The first-order valence-corrected chi connectivity index (χ1v) is 9.64. The number of hydrogen-bond acceptors (Lipinski definition) is 4. The van der Waals surface area contributed by atoms with Crippen molar-refractivity contribution < 1.29 is 14.3 Å². The molecule has 0 radical (unpaired) electrons. The first kappa shape index (κ1) is 19.1. The van der Waals surface area contributed by atoms with Crippen molar-refractivity contribution >= 4 is 16.8 Å². The zero-order valence-electron chi connectivity index (χ0n) is 17.0. The molecule has 2 aromatic carbocycles. The summed E-state index contributed by atoms with van der Waals surface area (Å²) in [6, 6.07) is 11.1. The minimum absolute atomic E-state index is 0.163. The number of hydrogen-bond donors (Lipinski definition) is 1. The second-order valence-corrected chi connectivity index (χ2v) is 7.46. The second kappa shape index (κ2) is 7.28. The normalized spacial score (nSPS) is 15.9. The van der Waals surface area contributed by atoms with Gasteiger partial charge in [0.15, 0.2) is 11.5 Å². The van der Waals surface area contributed by atoms with Crippen LogP contribution >= 0.6 is 0 Å². The lowest BCUT2D eigenvalue weighted by atomic mass is 10.1. The number of methoxy groups -OCH3 is 2. The molecular formula is C23H24N2O4. The van der Waals surface area contributed by atoms with Crippen molar-refractivity contribution in [2.45, 2.75) is 32.4 Å². The highest BCUT2D eigenvalue weighted by Gasteiger charge is 2.25. The van der Waals surface area contributed by atoms with Gasteiger partial charge >= 0.3 is 0 Å². The molecule has 6 heteroatoms. The summed E-state index contributed by atoms with van der Waals surface area (Å²) in [4.78, 5) is 26.0. The van der Waals surface area contributed by atoms with E-state index in [-0.39, 0.29) is 29.0 Å². The summed E-state index contributed by atoms with van der Waals surface area (Å²) in [5.41, 5.74) is 2.88. The standard InChI is InChI=1S/C23H24N2O4/c1-13-10-16-6-5-7-17-21(16)25(13)12-18(22(17)26)23(27)24-14(2)15-8-9-19(28-3)20(11-15)29-4/h5-9,11-14H,10H2,1-4H3,(H,24,27)/t13-,14+/m1/s1. The van der Waals surface area contributed by atoms with E-state index in [0.717, 1.165) is 23.1 Å². The van der Waals surface area contributed by atoms with Crippen LogP contribution in [-0.2, 0) is 6.42 Å².